The lowest BCUT2D eigenvalue weighted by molar-refractivity contribution is -0.124. The van der Waals surface area contributed by atoms with Gasteiger partial charge in [-0.25, -0.2) is 0 Å². The Kier molecular flexibility index (Phi) is 6.27. The second-order valence-corrected chi connectivity index (χ2v) is 5.40. The van der Waals surface area contributed by atoms with Gasteiger partial charge in [0.15, 0.2) is 0 Å². The van der Waals surface area contributed by atoms with Gasteiger partial charge in [-0.05, 0) is 25.1 Å². The van der Waals surface area contributed by atoms with Crippen LogP contribution in [0.2, 0.25) is 0 Å². The monoisotopic (exact) mass is 331 g/mol. The van der Waals surface area contributed by atoms with Gasteiger partial charge in [0, 0.05) is 4.47 Å². The smallest absolute Gasteiger partial charge is 0.224 e. The maximum absolute atomic E-state index is 11.6. The van der Waals surface area contributed by atoms with Crippen molar-refractivity contribution in [2.45, 2.75) is 18.9 Å². The van der Waals surface area contributed by atoms with Crippen molar-refractivity contribution in [1.29, 1.82) is 0 Å². The number of rotatable bonds is 7. The Hall–Kier alpha value is -1.11. The fraction of sp³-hybridized carbons (Fsp3) is 0.462. The molecule has 0 saturated carbocycles. The summed E-state index contributed by atoms with van der Waals surface area (Å²) in [7, 11) is 0. The maximum Gasteiger partial charge on any atom is 0.224 e. The minimum atomic E-state index is -0.993. The zero-order chi connectivity index (χ0) is 14.3. The molecule has 0 spiro atoms. The number of carbonyl (C=O) groups is 1. The van der Waals surface area contributed by atoms with Gasteiger partial charge >= 0.3 is 0 Å². The first-order chi connectivity index (χ1) is 8.99. The van der Waals surface area contributed by atoms with Crippen LogP contribution in [0.15, 0.2) is 28.7 Å². The molecule has 1 amide bonds. The summed E-state index contributed by atoms with van der Waals surface area (Å²) < 4.78 is 6.33. The van der Waals surface area contributed by atoms with Gasteiger partial charge in [-0.1, -0.05) is 22.0 Å². The summed E-state index contributed by atoms with van der Waals surface area (Å²) in [5, 5.41) is 20.7. The molecule has 0 aromatic heterocycles. The minimum Gasteiger partial charge on any atom is -0.493 e. The van der Waals surface area contributed by atoms with Crippen molar-refractivity contribution in [2.24, 2.45) is 0 Å². The van der Waals surface area contributed by atoms with Gasteiger partial charge in [0.05, 0.1) is 31.8 Å². The Morgan fingerprint density at radius 1 is 1.42 bits per heavy atom. The average molecular weight is 332 g/mol. The summed E-state index contributed by atoms with van der Waals surface area (Å²) in [6.45, 7) is 1.17. The number of hydrogen-bond donors (Lipinski definition) is 3. The molecule has 3 N–H and O–H groups in total. The summed E-state index contributed by atoms with van der Waals surface area (Å²) >= 11 is 3.33. The molecule has 106 valence electrons. The Morgan fingerprint density at radius 3 is 2.68 bits per heavy atom. The van der Waals surface area contributed by atoms with E-state index in [1.807, 2.05) is 18.2 Å². The highest BCUT2D eigenvalue weighted by Gasteiger charge is 2.24. The molecule has 0 aliphatic carbocycles. The van der Waals surface area contributed by atoms with Gasteiger partial charge in [-0.15, -0.1) is 0 Å². The Balaban J connectivity index is 2.35. The topological polar surface area (TPSA) is 78.8 Å². The van der Waals surface area contributed by atoms with Crippen LogP contribution in [0.4, 0.5) is 0 Å². The van der Waals surface area contributed by atoms with Crippen molar-refractivity contribution >= 4 is 21.8 Å². The van der Waals surface area contributed by atoms with E-state index in [1.165, 1.54) is 0 Å². The molecule has 0 radical (unpaired) electrons. The van der Waals surface area contributed by atoms with Gasteiger partial charge in [-0.3, -0.25) is 4.79 Å². The van der Waals surface area contributed by atoms with Crippen LogP contribution in [-0.4, -0.2) is 41.5 Å². The van der Waals surface area contributed by atoms with Crippen molar-refractivity contribution in [1.82, 2.24) is 5.32 Å². The highest BCUT2D eigenvalue weighted by molar-refractivity contribution is 9.10. The molecule has 1 aromatic carbocycles. The molecule has 0 bridgehead atoms. The van der Waals surface area contributed by atoms with Crippen LogP contribution in [0, 0.1) is 0 Å². The molecule has 0 fully saturated rings. The third-order valence-corrected chi connectivity index (χ3v) is 3.03. The molecule has 0 aliphatic rings. The molecule has 0 atom stereocenters. The van der Waals surface area contributed by atoms with Crippen LogP contribution in [0.1, 0.15) is 13.3 Å². The molecule has 5 nitrogen and oxygen atoms in total. The number of amides is 1. The van der Waals surface area contributed by atoms with Gasteiger partial charge in [0.1, 0.15) is 5.75 Å². The second kappa shape index (κ2) is 7.47. The maximum atomic E-state index is 11.6. The fourth-order valence-corrected chi connectivity index (χ4v) is 1.72. The van der Waals surface area contributed by atoms with Gasteiger partial charge < -0.3 is 20.3 Å². The zero-order valence-electron chi connectivity index (χ0n) is 10.7. The Labute approximate surface area is 120 Å². The van der Waals surface area contributed by atoms with E-state index in [-0.39, 0.29) is 32.1 Å². The van der Waals surface area contributed by atoms with E-state index in [2.05, 4.69) is 21.2 Å². The second-order valence-electron chi connectivity index (χ2n) is 4.48. The molecule has 0 unspecified atom stereocenters. The number of aliphatic hydroxyl groups is 2. The highest BCUT2D eigenvalue weighted by Crippen LogP contribution is 2.17. The summed E-state index contributed by atoms with van der Waals surface area (Å²) in [5.41, 5.74) is -0.993. The number of nitrogens with one attached hydrogen (secondary N) is 1. The van der Waals surface area contributed by atoms with E-state index >= 15 is 0 Å². The lowest BCUT2D eigenvalue weighted by Crippen LogP contribution is -2.51. The van der Waals surface area contributed by atoms with Crippen LogP contribution < -0.4 is 10.1 Å². The van der Waals surface area contributed by atoms with Crippen molar-refractivity contribution in [3.8, 4) is 5.75 Å². The molecule has 6 heteroatoms. The molecule has 0 heterocycles. The number of aliphatic hydroxyl groups excluding tert-OH is 2. The zero-order valence-corrected chi connectivity index (χ0v) is 12.3. The van der Waals surface area contributed by atoms with Gasteiger partial charge in [0.25, 0.3) is 0 Å². The van der Waals surface area contributed by atoms with E-state index in [1.54, 1.807) is 13.0 Å². The summed E-state index contributed by atoms with van der Waals surface area (Å²) in [5.74, 6) is 0.398. The summed E-state index contributed by atoms with van der Waals surface area (Å²) in [4.78, 5) is 11.6. The number of ether oxygens (including phenoxy) is 1. The van der Waals surface area contributed by atoms with Crippen LogP contribution in [-0.2, 0) is 4.79 Å². The third-order valence-electron chi connectivity index (χ3n) is 2.53. The van der Waals surface area contributed by atoms with E-state index in [0.717, 1.165) is 4.47 Å². The number of benzene rings is 1. The minimum absolute atomic E-state index is 0.155. The van der Waals surface area contributed by atoms with Gasteiger partial charge in [0.2, 0.25) is 5.91 Å². The summed E-state index contributed by atoms with van der Waals surface area (Å²) in [6, 6.07) is 7.33. The van der Waals surface area contributed by atoms with Crippen molar-refractivity contribution in [3.05, 3.63) is 28.7 Å². The predicted octanol–water partition coefficient (Wildman–Crippen LogP) is 1.08. The first kappa shape index (κ1) is 15.9. The fourth-order valence-electron chi connectivity index (χ4n) is 1.35. The SMILES string of the molecule is CC(CO)(CO)NC(=O)CCOc1cccc(Br)c1. The molecular formula is C13H18BrNO4. The largest absolute Gasteiger partial charge is 0.493 e. The quantitative estimate of drug-likeness (QED) is 0.698. The average Bonchev–Trinajstić information content (AvgIpc) is 2.38. The Bertz CT molecular complexity index is 421. The van der Waals surface area contributed by atoms with Crippen molar-refractivity contribution in [2.75, 3.05) is 19.8 Å². The van der Waals surface area contributed by atoms with Crippen LogP contribution in [0.3, 0.4) is 0 Å². The molecule has 1 aromatic rings. The molecule has 0 aliphatic heterocycles. The van der Waals surface area contributed by atoms with E-state index in [4.69, 9.17) is 14.9 Å². The first-order valence-electron chi connectivity index (χ1n) is 5.90. The van der Waals surface area contributed by atoms with Crippen LogP contribution >= 0.6 is 15.9 Å². The lowest BCUT2D eigenvalue weighted by Gasteiger charge is -2.26. The van der Waals surface area contributed by atoms with Crippen molar-refractivity contribution < 1.29 is 19.7 Å². The number of carbonyl (C=O) groups excluding carboxylic acids is 1. The third kappa shape index (κ3) is 5.59. The van der Waals surface area contributed by atoms with Crippen LogP contribution in [0.5, 0.6) is 5.75 Å². The lowest BCUT2D eigenvalue weighted by atomic mass is 10.1. The predicted molar refractivity (Wildman–Crippen MR) is 75.0 cm³/mol. The first-order valence-corrected chi connectivity index (χ1v) is 6.69. The highest BCUT2D eigenvalue weighted by atomic mass is 79.9. The molecule has 19 heavy (non-hydrogen) atoms. The normalized spacial score (nSPS) is 11.2. The molecule has 1 rings (SSSR count). The number of halogens is 1. The molecular weight excluding hydrogens is 314 g/mol. The standard InChI is InChI=1S/C13H18BrNO4/c1-13(8-16,9-17)15-12(18)5-6-19-11-4-2-3-10(14)7-11/h2-4,7,16-17H,5-6,8-9H2,1H3,(H,15,18). The van der Waals surface area contributed by atoms with Gasteiger partial charge in [-0.2, -0.15) is 0 Å². The van der Waals surface area contributed by atoms with Crippen molar-refractivity contribution in [3.63, 3.8) is 0 Å². The van der Waals surface area contributed by atoms with E-state index in [0.29, 0.717) is 5.75 Å². The summed E-state index contributed by atoms with van der Waals surface area (Å²) in [6.07, 6.45) is 0.155. The van der Waals surface area contributed by atoms with E-state index < -0.39 is 5.54 Å². The van der Waals surface area contributed by atoms with Crippen LogP contribution in [0.25, 0.3) is 0 Å². The molecule has 0 saturated heterocycles. The van der Waals surface area contributed by atoms with E-state index in [9.17, 15) is 4.79 Å². The Morgan fingerprint density at radius 2 is 2.11 bits per heavy atom. The number of hydrogen-bond acceptors (Lipinski definition) is 4.